The van der Waals surface area contributed by atoms with Gasteiger partial charge in [0.05, 0.1) is 5.75 Å². The number of pyridine rings is 1. The van der Waals surface area contributed by atoms with Crippen molar-refractivity contribution in [1.82, 2.24) is 15.4 Å². The number of rotatable bonds is 3. The second-order valence-corrected chi connectivity index (χ2v) is 6.68. The molecule has 2 aromatic rings. The summed E-state index contributed by atoms with van der Waals surface area (Å²) in [7, 11) is 0. The molecular weight excluding hydrogens is 357 g/mol. The molecule has 3 rings (SSSR count). The molecule has 5 nitrogen and oxygen atoms in total. The number of carbonyl (C=O) groups is 2. The van der Waals surface area contributed by atoms with Gasteiger partial charge in [0, 0.05) is 33.6 Å². The van der Waals surface area contributed by atoms with Crippen LogP contribution in [0.1, 0.15) is 21.3 Å². The smallest absolute Gasteiger partial charge is 0.270 e. The van der Waals surface area contributed by atoms with Gasteiger partial charge in [-0.1, -0.05) is 29.3 Å². The number of thioether (sulfide) groups is 1. The van der Waals surface area contributed by atoms with Crippen molar-refractivity contribution in [2.75, 3.05) is 5.75 Å². The first kappa shape index (κ1) is 16.1. The maximum atomic E-state index is 12.3. The molecule has 1 N–H and O–H groups in total. The average molecular weight is 368 g/mol. The number of nitrogens with zero attached hydrogens (tertiary/aromatic N) is 2. The number of aromatic nitrogens is 1. The third-order valence-electron chi connectivity index (χ3n) is 3.26. The van der Waals surface area contributed by atoms with Crippen molar-refractivity contribution in [3.05, 3.63) is 63.9 Å². The van der Waals surface area contributed by atoms with E-state index < -0.39 is 5.37 Å². The maximum Gasteiger partial charge on any atom is 0.270 e. The lowest BCUT2D eigenvalue weighted by molar-refractivity contribution is -0.130. The van der Waals surface area contributed by atoms with Crippen molar-refractivity contribution in [3.63, 3.8) is 0 Å². The molecule has 1 unspecified atom stereocenters. The Morgan fingerprint density at radius 1 is 1.26 bits per heavy atom. The highest BCUT2D eigenvalue weighted by molar-refractivity contribution is 8.00. The van der Waals surface area contributed by atoms with Gasteiger partial charge >= 0.3 is 0 Å². The monoisotopic (exact) mass is 367 g/mol. The van der Waals surface area contributed by atoms with Crippen LogP contribution in [0.25, 0.3) is 0 Å². The summed E-state index contributed by atoms with van der Waals surface area (Å²) in [6.07, 6.45) is 3.03. The molecule has 1 saturated heterocycles. The highest BCUT2D eigenvalue weighted by Gasteiger charge is 2.35. The number of hydrogen-bond donors (Lipinski definition) is 1. The SMILES string of the molecule is O=C(NN1C(=O)CSC1c1ccc(Cl)cc1Cl)c1ccncc1. The number of amides is 2. The van der Waals surface area contributed by atoms with E-state index in [0.717, 1.165) is 5.56 Å². The molecule has 2 amide bonds. The molecule has 0 bridgehead atoms. The second kappa shape index (κ2) is 6.78. The van der Waals surface area contributed by atoms with E-state index in [4.69, 9.17) is 23.2 Å². The van der Waals surface area contributed by atoms with Crippen LogP contribution < -0.4 is 5.43 Å². The van der Waals surface area contributed by atoms with Crippen molar-refractivity contribution in [1.29, 1.82) is 0 Å². The molecule has 8 heteroatoms. The number of hydrogen-bond acceptors (Lipinski definition) is 4. The summed E-state index contributed by atoms with van der Waals surface area (Å²) < 4.78 is 0. The number of nitrogens with one attached hydrogen (secondary N) is 1. The summed E-state index contributed by atoms with van der Waals surface area (Å²) >= 11 is 13.5. The Hall–Kier alpha value is -1.76. The zero-order valence-corrected chi connectivity index (χ0v) is 14.0. The minimum absolute atomic E-state index is 0.187. The third-order valence-corrected chi connectivity index (χ3v) is 5.02. The van der Waals surface area contributed by atoms with Crippen LogP contribution in [0.15, 0.2) is 42.7 Å². The first-order valence-electron chi connectivity index (χ1n) is 6.66. The Balaban J connectivity index is 1.84. The van der Waals surface area contributed by atoms with E-state index in [0.29, 0.717) is 15.6 Å². The van der Waals surface area contributed by atoms with Crippen molar-refractivity contribution < 1.29 is 9.59 Å². The van der Waals surface area contributed by atoms with Gasteiger partial charge in [-0.05, 0) is 24.3 Å². The average Bonchev–Trinajstić information content (AvgIpc) is 2.89. The molecule has 1 aromatic heterocycles. The number of benzene rings is 1. The fourth-order valence-electron chi connectivity index (χ4n) is 2.15. The highest BCUT2D eigenvalue weighted by Crippen LogP contribution is 2.41. The lowest BCUT2D eigenvalue weighted by Crippen LogP contribution is -2.44. The van der Waals surface area contributed by atoms with Crippen molar-refractivity contribution >= 4 is 46.8 Å². The minimum Gasteiger partial charge on any atom is -0.272 e. The first-order chi connectivity index (χ1) is 11.1. The number of carbonyl (C=O) groups excluding carboxylic acids is 2. The molecule has 0 radical (unpaired) electrons. The van der Waals surface area contributed by atoms with Gasteiger partial charge in [-0.25, -0.2) is 5.01 Å². The lowest BCUT2D eigenvalue weighted by atomic mass is 10.2. The fourth-order valence-corrected chi connectivity index (χ4v) is 3.87. The first-order valence-corrected chi connectivity index (χ1v) is 8.46. The normalized spacial score (nSPS) is 17.4. The standard InChI is InChI=1S/C15H11Cl2N3O2S/c16-10-1-2-11(12(17)7-10)15-20(13(21)8-23-15)19-14(22)9-3-5-18-6-4-9/h1-7,15H,8H2,(H,19,22). The zero-order chi connectivity index (χ0) is 16.4. The Kier molecular flexibility index (Phi) is 4.75. The van der Waals surface area contributed by atoms with Gasteiger partial charge in [-0.3, -0.25) is 20.0 Å². The van der Waals surface area contributed by atoms with Gasteiger partial charge in [0.15, 0.2) is 0 Å². The highest BCUT2D eigenvalue weighted by atomic mass is 35.5. The summed E-state index contributed by atoms with van der Waals surface area (Å²) in [6.45, 7) is 0. The molecule has 0 saturated carbocycles. The minimum atomic E-state index is -0.391. The summed E-state index contributed by atoms with van der Waals surface area (Å²) in [5.74, 6) is -0.299. The Morgan fingerprint density at radius 2 is 2.00 bits per heavy atom. The van der Waals surface area contributed by atoms with Crippen LogP contribution in [0.2, 0.25) is 10.0 Å². The summed E-state index contributed by atoms with van der Waals surface area (Å²) in [4.78, 5) is 28.2. The van der Waals surface area contributed by atoms with Crippen molar-refractivity contribution in [2.24, 2.45) is 0 Å². The molecule has 118 valence electrons. The molecular formula is C15H11Cl2N3O2S. The van der Waals surface area contributed by atoms with E-state index >= 15 is 0 Å². The van der Waals surface area contributed by atoms with Gasteiger partial charge < -0.3 is 0 Å². The van der Waals surface area contributed by atoms with E-state index in [1.807, 2.05) is 0 Å². The molecule has 1 fully saturated rings. The Morgan fingerprint density at radius 3 is 2.70 bits per heavy atom. The molecule has 1 aliphatic heterocycles. The van der Waals surface area contributed by atoms with Crippen LogP contribution >= 0.6 is 35.0 Å². The lowest BCUT2D eigenvalue weighted by Gasteiger charge is -2.25. The fraction of sp³-hybridized carbons (Fsp3) is 0.133. The molecule has 23 heavy (non-hydrogen) atoms. The van der Waals surface area contributed by atoms with Gasteiger partial charge in [-0.2, -0.15) is 0 Å². The summed E-state index contributed by atoms with van der Waals surface area (Å²) in [5.41, 5.74) is 3.79. The van der Waals surface area contributed by atoms with Crippen molar-refractivity contribution in [2.45, 2.75) is 5.37 Å². The molecule has 1 atom stereocenters. The van der Waals surface area contributed by atoms with E-state index in [1.165, 1.54) is 29.2 Å². The quantitative estimate of drug-likeness (QED) is 0.903. The molecule has 1 aliphatic rings. The Bertz CT molecular complexity index is 758. The summed E-state index contributed by atoms with van der Waals surface area (Å²) in [5, 5.41) is 1.88. The third kappa shape index (κ3) is 3.44. The van der Waals surface area contributed by atoms with Crippen LogP contribution in [-0.4, -0.2) is 27.6 Å². The molecule has 2 heterocycles. The molecule has 1 aromatic carbocycles. The van der Waals surface area contributed by atoms with E-state index in [2.05, 4.69) is 10.4 Å². The number of halogens is 2. The van der Waals surface area contributed by atoms with Gasteiger partial charge in [0.2, 0.25) is 0 Å². The van der Waals surface area contributed by atoms with Crippen molar-refractivity contribution in [3.8, 4) is 0 Å². The maximum absolute atomic E-state index is 12.3. The van der Waals surface area contributed by atoms with Crippen LogP contribution in [0.3, 0.4) is 0 Å². The van der Waals surface area contributed by atoms with Gasteiger partial charge in [0.1, 0.15) is 5.37 Å². The van der Waals surface area contributed by atoms with Crippen LogP contribution in [0.5, 0.6) is 0 Å². The van der Waals surface area contributed by atoms with Crippen LogP contribution in [0.4, 0.5) is 0 Å². The van der Waals surface area contributed by atoms with Crippen LogP contribution in [-0.2, 0) is 4.79 Å². The van der Waals surface area contributed by atoms with Gasteiger partial charge in [-0.15, -0.1) is 11.8 Å². The molecule has 0 spiro atoms. The summed E-state index contributed by atoms with van der Waals surface area (Å²) in [6, 6.07) is 8.23. The largest absolute Gasteiger partial charge is 0.272 e. The predicted molar refractivity (Wildman–Crippen MR) is 90.2 cm³/mol. The zero-order valence-electron chi connectivity index (χ0n) is 11.7. The van der Waals surface area contributed by atoms with E-state index in [1.54, 1.807) is 30.3 Å². The van der Waals surface area contributed by atoms with E-state index in [-0.39, 0.29) is 17.6 Å². The Labute approximate surface area is 146 Å². The topological polar surface area (TPSA) is 62.3 Å². The number of hydrazine groups is 1. The van der Waals surface area contributed by atoms with Crippen LogP contribution in [0, 0.1) is 0 Å². The van der Waals surface area contributed by atoms with Gasteiger partial charge in [0.25, 0.3) is 11.8 Å². The van der Waals surface area contributed by atoms with E-state index in [9.17, 15) is 9.59 Å². The predicted octanol–water partition coefficient (Wildman–Crippen LogP) is 3.31. The molecule has 0 aliphatic carbocycles. The second-order valence-electron chi connectivity index (χ2n) is 4.77.